The first kappa shape index (κ1) is 24.9. The van der Waals surface area contributed by atoms with E-state index < -0.39 is 5.56 Å². The highest BCUT2D eigenvalue weighted by Crippen LogP contribution is 2.26. The molecule has 36 heavy (non-hydrogen) atoms. The summed E-state index contributed by atoms with van der Waals surface area (Å²) in [6, 6.07) is 20.6. The molecule has 184 valence electrons. The first-order chi connectivity index (χ1) is 17.4. The van der Waals surface area contributed by atoms with Gasteiger partial charge in [0.1, 0.15) is 12.4 Å². The number of aryl methyl sites for hydroxylation is 1. The molecule has 0 spiro atoms. The van der Waals surface area contributed by atoms with Crippen LogP contribution in [-0.4, -0.2) is 27.0 Å². The molecule has 4 aromatic rings. The van der Waals surface area contributed by atoms with Gasteiger partial charge in [0.2, 0.25) is 5.91 Å². The number of rotatable bonds is 9. The van der Waals surface area contributed by atoms with E-state index in [4.69, 9.17) is 17.3 Å². The van der Waals surface area contributed by atoms with E-state index in [9.17, 15) is 9.59 Å². The smallest absolute Gasteiger partial charge is 0.294 e. The van der Waals surface area contributed by atoms with Crippen LogP contribution in [0.5, 0.6) is 0 Å². The van der Waals surface area contributed by atoms with Crippen LogP contribution >= 0.6 is 11.6 Å². The standard InChI is InChI=1S/C27H27ClN6O2/c1-18-20(11-12-24(29)33-18)15-31-25(35)17-34-23(21-9-5-6-10-22(21)28)16-32-26(27(34)36)30-14-13-19-7-3-2-4-8-19/h2-12,16H,13-15,17H2,1H3,(H2,29,33)(H,30,32)(H,31,35). The van der Waals surface area contributed by atoms with Gasteiger partial charge >= 0.3 is 0 Å². The number of carbonyl (C=O) groups is 1. The molecule has 9 heteroatoms. The monoisotopic (exact) mass is 502 g/mol. The van der Waals surface area contributed by atoms with Gasteiger partial charge in [-0.3, -0.25) is 14.2 Å². The summed E-state index contributed by atoms with van der Waals surface area (Å²) in [6.45, 7) is 2.42. The summed E-state index contributed by atoms with van der Waals surface area (Å²) in [6.07, 6.45) is 2.29. The van der Waals surface area contributed by atoms with Gasteiger partial charge in [0.25, 0.3) is 5.56 Å². The van der Waals surface area contributed by atoms with E-state index in [0.717, 1.165) is 23.2 Å². The fraction of sp³-hybridized carbons (Fsp3) is 0.185. The third kappa shape index (κ3) is 6.09. The van der Waals surface area contributed by atoms with Crippen molar-refractivity contribution < 1.29 is 4.79 Å². The van der Waals surface area contributed by atoms with Crippen LogP contribution in [-0.2, 0) is 24.3 Å². The molecule has 0 saturated heterocycles. The van der Waals surface area contributed by atoms with Gasteiger partial charge in [-0.05, 0) is 36.6 Å². The summed E-state index contributed by atoms with van der Waals surface area (Å²) in [5, 5.41) is 6.43. The van der Waals surface area contributed by atoms with Crippen molar-refractivity contribution in [3.05, 3.63) is 105 Å². The molecule has 1 amide bonds. The molecule has 0 aliphatic heterocycles. The predicted molar refractivity (Wildman–Crippen MR) is 143 cm³/mol. The lowest BCUT2D eigenvalue weighted by atomic mass is 10.1. The Labute approximate surface area is 214 Å². The number of anilines is 2. The second-order valence-electron chi connectivity index (χ2n) is 8.28. The van der Waals surface area contributed by atoms with Crippen LogP contribution in [0.1, 0.15) is 16.8 Å². The zero-order chi connectivity index (χ0) is 25.5. The number of carbonyl (C=O) groups excluding carboxylic acids is 1. The number of halogens is 1. The number of hydrogen-bond donors (Lipinski definition) is 3. The van der Waals surface area contributed by atoms with Crippen LogP contribution in [0.4, 0.5) is 11.6 Å². The SMILES string of the molecule is Cc1nc(N)ccc1CNC(=O)Cn1c(-c2ccccc2Cl)cnc(NCCc2ccccc2)c1=O. The quantitative estimate of drug-likeness (QED) is 0.320. The number of hydrogen-bond acceptors (Lipinski definition) is 6. The third-order valence-corrected chi connectivity index (χ3v) is 6.08. The largest absolute Gasteiger partial charge is 0.384 e. The zero-order valence-corrected chi connectivity index (χ0v) is 20.6. The summed E-state index contributed by atoms with van der Waals surface area (Å²) in [5.41, 5.74) is 9.10. The Morgan fingerprint density at radius 1 is 1.06 bits per heavy atom. The molecule has 4 rings (SSSR count). The molecular weight excluding hydrogens is 476 g/mol. The molecule has 0 atom stereocenters. The normalized spacial score (nSPS) is 10.7. The van der Waals surface area contributed by atoms with Gasteiger partial charge in [-0.25, -0.2) is 9.97 Å². The highest BCUT2D eigenvalue weighted by Gasteiger charge is 2.17. The van der Waals surface area contributed by atoms with Gasteiger partial charge in [-0.1, -0.05) is 66.2 Å². The lowest BCUT2D eigenvalue weighted by Gasteiger charge is -2.16. The van der Waals surface area contributed by atoms with Crippen LogP contribution in [0, 0.1) is 6.92 Å². The van der Waals surface area contributed by atoms with Gasteiger partial charge in [-0.15, -0.1) is 0 Å². The van der Waals surface area contributed by atoms with Crippen molar-refractivity contribution in [1.82, 2.24) is 19.9 Å². The van der Waals surface area contributed by atoms with Crippen LogP contribution in [0.3, 0.4) is 0 Å². The Kier molecular flexibility index (Phi) is 7.97. The molecule has 4 N–H and O–H groups in total. The number of aromatic nitrogens is 3. The van der Waals surface area contributed by atoms with E-state index in [-0.39, 0.29) is 24.8 Å². The molecule has 0 fully saturated rings. The van der Waals surface area contributed by atoms with Gasteiger partial charge < -0.3 is 16.4 Å². The average Bonchev–Trinajstić information content (AvgIpc) is 2.87. The lowest BCUT2D eigenvalue weighted by molar-refractivity contribution is -0.121. The maximum atomic E-state index is 13.4. The van der Waals surface area contributed by atoms with E-state index in [1.54, 1.807) is 30.5 Å². The molecule has 0 unspecified atom stereocenters. The Bertz CT molecular complexity index is 1420. The fourth-order valence-corrected chi connectivity index (χ4v) is 4.04. The number of nitrogens with one attached hydrogen (secondary N) is 2. The summed E-state index contributed by atoms with van der Waals surface area (Å²) >= 11 is 6.41. The summed E-state index contributed by atoms with van der Waals surface area (Å²) < 4.78 is 1.39. The van der Waals surface area contributed by atoms with E-state index >= 15 is 0 Å². The molecular formula is C27H27ClN6O2. The van der Waals surface area contributed by atoms with Crippen molar-refractivity contribution in [2.75, 3.05) is 17.6 Å². The van der Waals surface area contributed by atoms with Crippen molar-refractivity contribution in [1.29, 1.82) is 0 Å². The summed E-state index contributed by atoms with van der Waals surface area (Å²) in [5.74, 6) is 0.263. The molecule has 2 aromatic heterocycles. The Hall–Kier alpha value is -4.17. The second kappa shape index (κ2) is 11.5. The van der Waals surface area contributed by atoms with Gasteiger partial charge in [-0.2, -0.15) is 0 Å². The van der Waals surface area contributed by atoms with Crippen LogP contribution < -0.4 is 21.9 Å². The van der Waals surface area contributed by atoms with Crippen molar-refractivity contribution in [2.24, 2.45) is 0 Å². The Morgan fingerprint density at radius 3 is 2.56 bits per heavy atom. The highest BCUT2D eigenvalue weighted by atomic mass is 35.5. The van der Waals surface area contributed by atoms with Gasteiger partial charge in [0.15, 0.2) is 5.82 Å². The maximum absolute atomic E-state index is 13.4. The first-order valence-corrected chi connectivity index (χ1v) is 11.9. The van der Waals surface area contributed by atoms with E-state index in [1.165, 1.54) is 4.57 Å². The number of benzene rings is 2. The van der Waals surface area contributed by atoms with E-state index in [1.807, 2.05) is 49.4 Å². The number of nitrogens with two attached hydrogens (primary N) is 1. The van der Waals surface area contributed by atoms with Crippen molar-refractivity contribution in [3.63, 3.8) is 0 Å². The van der Waals surface area contributed by atoms with Crippen molar-refractivity contribution in [2.45, 2.75) is 26.4 Å². The number of amides is 1. The Morgan fingerprint density at radius 2 is 1.81 bits per heavy atom. The molecule has 0 aliphatic carbocycles. The minimum Gasteiger partial charge on any atom is -0.384 e. The van der Waals surface area contributed by atoms with Crippen LogP contribution in [0.2, 0.25) is 5.02 Å². The van der Waals surface area contributed by atoms with Crippen LogP contribution in [0.15, 0.2) is 77.7 Å². The molecule has 0 saturated carbocycles. The van der Waals surface area contributed by atoms with E-state index in [2.05, 4.69) is 20.6 Å². The Balaban J connectivity index is 1.56. The minimum absolute atomic E-state index is 0.174. The highest BCUT2D eigenvalue weighted by molar-refractivity contribution is 6.33. The van der Waals surface area contributed by atoms with Crippen LogP contribution in [0.25, 0.3) is 11.3 Å². The summed E-state index contributed by atoms with van der Waals surface area (Å²) in [4.78, 5) is 34.9. The van der Waals surface area contributed by atoms with Crippen molar-refractivity contribution in [3.8, 4) is 11.3 Å². The van der Waals surface area contributed by atoms with Crippen molar-refractivity contribution >= 4 is 29.1 Å². The number of pyridine rings is 1. The minimum atomic E-state index is -0.402. The lowest BCUT2D eigenvalue weighted by Crippen LogP contribution is -2.34. The zero-order valence-electron chi connectivity index (χ0n) is 19.9. The number of nitrogen functional groups attached to an aromatic ring is 1. The maximum Gasteiger partial charge on any atom is 0.294 e. The predicted octanol–water partition coefficient (Wildman–Crippen LogP) is 3.82. The average molecular weight is 503 g/mol. The molecule has 2 aromatic carbocycles. The van der Waals surface area contributed by atoms with Gasteiger partial charge in [0.05, 0.1) is 11.9 Å². The topological polar surface area (TPSA) is 115 Å². The molecule has 0 radical (unpaired) electrons. The summed E-state index contributed by atoms with van der Waals surface area (Å²) in [7, 11) is 0. The van der Waals surface area contributed by atoms with E-state index in [0.29, 0.717) is 28.6 Å². The second-order valence-corrected chi connectivity index (χ2v) is 8.69. The first-order valence-electron chi connectivity index (χ1n) is 11.5. The number of nitrogens with zero attached hydrogens (tertiary/aromatic N) is 3. The molecule has 2 heterocycles. The molecule has 0 aliphatic rings. The molecule has 8 nitrogen and oxygen atoms in total. The van der Waals surface area contributed by atoms with Gasteiger partial charge in [0, 0.05) is 29.4 Å². The molecule has 0 bridgehead atoms. The fourth-order valence-electron chi connectivity index (χ4n) is 3.81. The third-order valence-electron chi connectivity index (χ3n) is 5.75.